The minimum absolute atomic E-state index is 0.449. The molecule has 21 heavy (non-hydrogen) atoms. The predicted molar refractivity (Wildman–Crippen MR) is 89.3 cm³/mol. The average molecular weight is 289 g/mol. The Morgan fingerprint density at radius 3 is 2.81 bits per heavy atom. The van der Waals surface area contributed by atoms with Crippen molar-refractivity contribution < 1.29 is 0 Å². The van der Waals surface area contributed by atoms with Crippen molar-refractivity contribution in [2.24, 2.45) is 5.41 Å². The van der Waals surface area contributed by atoms with Crippen LogP contribution in [0.1, 0.15) is 51.4 Å². The molecule has 0 aromatic carbocycles. The molecule has 1 saturated carbocycles. The molecule has 0 spiro atoms. The number of aryl methyl sites for hydroxylation is 1. The van der Waals surface area contributed by atoms with E-state index >= 15 is 0 Å². The van der Waals surface area contributed by atoms with Crippen LogP contribution < -0.4 is 5.32 Å². The quantitative estimate of drug-likeness (QED) is 0.900. The first-order valence-corrected chi connectivity index (χ1v) is 8.27. The topological polar surface area (TPSA) is 28.2 Å². The van der Waals surface area contributed by atoms with E-state index in [0.29, 0.717) is 17.5 Å². The van der Waals surface area contributed by atoms with Gasteiger partial charge in [0, 0.05) is 24.3 Å². The molecule has 0 saturated heterocycles. The molecule has 1 aromatic heterocycles. The highest BCUT2D eigenvalue weighted by atomic mass is 15.2. The zero-order valence-electron chi connectivity index (χ0n) is 14.3. The Bertz CT molecular complexity index is 456. The van der Waals surface area contributed by atoms with Crippen molar-refractivity contribution in [3.63, 3.8) is 0 Å². The van der Waals surface area contributed by atoms with E-state index in [1.165, 1.54) is 25.0 Å². The SMILES string of the molecule is CCNC1CCC(C)(C)CC1N(C)Cc1cccc(C)n1. The molecule has 2 atom stereocenters. The van der Waals surface area contributed by atoms with Crippen molar-refractivity contribution >= 4 is 0 Å². The highest BCUT2D eigenvalue weighted by Gasteiger charge is 2.36. The molecule has 0 radical (unpaired) electrons. The summed E-state index contributed by atoms with van der Waals surface area (Å²) >= 11 is 0. The van der Waals surface area contributed by atoms with Gasteiger partial charge in [0.25, 0.3) is 0 Å². The fourth-order valence-electron chi connectivity index (χ4n) is 3.57. The fraction of sp³-hybridized carbons (Fsp3) is 0.722. The molecule has 118 valence electrons. The number of aromatic nitrogens is 1. The van der Waals surface area contributed by atoms with E-state index in [1.807, 2.05) is 0 Å². The molecule has 1 aliphatic rings. The van der Waals surface area contributed by atoms with Gasteiger partial charge in [0.1, 0.15) is 0 Å². The lowest BCUT2D eigenvalue weighted by atomic mass is 9.72. The van der Waals surface area contributed by atoms with Crippen LogP contribution in [0.3, 0.4) is 0 Å². The number of hydrogen-bond donors (Lipinski definition) is 1. The Labute approximate surface area is 130 Å². The standard InChI is InChI=1S/C18H31N3/c1-6-19-16-10-11-18(3,4)12-17(16)21(5)13-15-9-7-8-14(2)20-15/h7-9,16-17,19H,6,10-13H2,1-5H3. The molecule has 1 aromatic rings. The second-order valence-corrected chi connectivity index (χ2v) is 7.32. The highest BCUT2D eigenvalue weighted by Crippen LogP contribution is 2.37. The van der Waals surface area contributed by atoms with Gasteiger partial charge in [-0.05, 0) is 57.3 Å². The molecule has 2 unspecified atom stereocenters. The summed E-state index contributed by atoms with van der Waals surface area (Å²) in [5.41, 5.74) is 2.73. The van der Waals surface area contributed by atoms with Gasteiger partial charge in [0.2, 0.25) is 0 Å². The molecule has 1 aliphatic carbocycles. The first-order chi connectivity index (χ1) is 9.91. The summed E-state index contributed by atoms with van der Waals surface area (Å²) in [7, 11) is 2.25. The van der Waals surface area contributed by atoms with Gasteiger partial charge in [-0.15, -0.1) is 0 Å². The molecule has 3 nitrogen and oxygen atoms in total. The van der Waals surface area contributed by atoms with Crippen molar-refractivity contribution in [2.45, 2.75) is 65.6 Å². The molecule has 1 heterocycles. The Balaban J connectivity index is 2.07. The third kappa shape index (κ3) is 4.52. The van der Waals surface area contributed by atoms with Gasteiger partial charge in [-0.3, -0.25) is 9.88 Å². The maximum atomic E-state index is 4.65. The van der Waals surface area contributed by atoms with E-state index in [-0.39, 0.29) is 0 Å². The molecular formula is C18H31N3. The summed E-state index contributed by atoms with van der Waals surface area (Å²) in [6.07, 6.45) is 3.85. The summed E-state index contributed by atoms with van der Waals surface area (Å²) < 4.78 is 0. The summed E-state index contributed by atoms with van der Waals surface area (Å²) in [5.74, 6) is 0. The first-order valence-electron chi connectivity index (χ1n) is 8.27. The fourth-order valence-corrected chi connectivity index (χ4v) is 3.57. The zero-order valence-corrected chi connectivity index (χ0v) is 14.3. The van der Waals surface area contributed by atoms with E-state index in [0.717, 1.165) is 18.8 Å². The molecule has 0 aliphatic heterocycles. The van der Waals surface area contributed by atoms with E-state index in [4.69, 9.17) is 0 Å². The Hall–Kier alpha value is -0.930. The van der Waals surface area contributed by atoms with E-state index in [1.54, 1.807) is 0 Å². The van der Waals surface area contributed by atoms with Crippen LogP contribution in [-0.2, 0) is 6.54 Å². The lowest BCUT2D eigenvalue weighted by Gasteiger charge is -2.45. The highest BCUT2D eigenvalue weighted by molar-refractivity contribution is 5.10. The lowest BCUT2D eigenvalue weighted by molar-refractivity contribution is 0.0773. The molecule has 1 fully saturated rings. The maximum Gasteiger partial charge on any atom is 0.0547 e. The molecule has 2 rings (SSSR count). The number of likely N-dealkylation sites (N-methyl/N-ethyl adjacent to an activating group) is 2. The van der Waals surface area contributed by atoms with Gasteiger partial charge >= 0.3 is 0 Å². The average Bonchev–Trinajstić information content (AvgIpc) is 2.40. The van der Waals surface area contributed by atoms with Gasteiger partial charge in [-0.1, -0.05) is 26.8 Å². The summed E-state index contributed by atoms with van der Waals surface area (Å²) in [5, 5.41) is 3.69. The van der Waals surface area contributed by atoms with Crippen molar-refractivity contribution in [3.05, 3.63) is 29.6 Å². The second-order valence-electron chi connectivity index (χ2n) is 7.32. The maximum absolute atomic E-state index is 4.65. The number of rotatable bonds is 5. The number of pyridine rings is 1. The lowest BCUT2D eigenvalue weighted by Crippen LogP contribution is -2.53. The third-order valence-corrected chi connectivity index (χ3v) is 4.75. The zero-order chi connectivity index (χ0) is 15.5. The van der Waals surface area contributed by atoms with Crippen LogP contribution in [0, 0.1) is 12.3 Å². The van der Waals surface area contributed by atoms with Crippen LogP contribution in [0.5, 0.6) is 0 Å². The van der Waals surface area contributed by atoms with Gasteiger partial charge in [-0.25, -0.2) is 0 Å². The number of nitrogens with one attached hydrogen (secondary N) is 1. The van der Waals surface area contributed by atoms with Crippen LogP contribution >= 0.6 is 0 Å². The van der Waals surface area contributed by atoms with E-state index in [2.05, 4.69) is 68.1 Å². The Morgan fingerprint density at radius 2 is 2.14 bits per heavy atom. The minimum Gasteiger partial charge on any atom is -0.313 e. The summed E-state index contributed by atoms with van der Waals surface area (Å²) in [6, 6.07) is 7.51. The van der Waals surface area contributed by atoms with Crippen molar-refractivity contribution in [1.29, 1.82) is 0 Å². The summed E-state index contributed by atoms with van der Waals surface area (Å²) in [4.78, 5) is 7.15. The van der Waals surface area contributed by atoms with Crippen molar-refractivity contribution in [1.82, 2.24) is 15.2 Å². The van der Waals surface area contributed by atoms with Crippen molar-refractivity contribution in [3.8, 4) is 0 Å². The van der Waals surface area contributed by atoms with Crippen LogP contribution in [0.4, 0.5) is 0 Å². The van der Waals surface area contributed by atoms with Crippen LogP contribution in [0.2, 0.25) is 0 Å². The van der Waals surface area contributed by atoms with Gasteiger partial charge < -0.3 is 5.32 Å². The van der Waals surface area contributed by atoms with Crippen LogP contribution in [-0.4, -0.2) is 35.6 Å². The van der Waals surface area contributed by atoms with Crippen molar-refractivity contribution in [2.75, 3.05) is 13.6 Å². The number of nitrogens with zero attached hydrogens (tertiary/aromatic N) is 2. The normalized spacial score (nSPS) is 25.2. The molecule has 0 amide bonds. The predicted octanol–water partition coefficient (Wildman–Crippen LogP) is 3.38. The second kappa shape index (κ2) is 6.89. The third-order valence-electron chi connectivity index (χ3n) is 4.75. The van der Waals surface area contributed by atoms with Crippen LogP contribution in [0.25, 0.3) is 0 Å². The Morgan fingerprint density at radius 1 is 1.38 bits per heavy atom. The molecule has 3 heteroatoms. The Kier molecular flexibility index (Phi) is 5.39. The first kappa shape index (κ1) is 16.4. The molecular weight excluding hydrogens is 258 g/mol. The number of hydrogen-bond acceptors (Lipinski definition) is 3. The monoisotopic (exact) mass is 289 g/mol. The van der Waals surface area contributed by atoms with Gasteiger partial charge in [0.15, 0.2) is 0 Å². The summed E-state index contributed by atoms with van der Waals surface area (Å²) in [6.45, 7) is 11.1. The molecule has 0 bridgehead atoms. The van der Waals surface area contributed by atoms with Gasteiger partial charge in [0.05, 0.1) is 5.69 Å². The minimum atomic E-state index is 0.449. The van der Waals surface area contributed by atoms with Gasteiger partial charge in [-0.2, -0.15) is 0 Å². The smallest absolute Gasteiger partial charge is 0.0547 e. The largest absolute Gasteiger partial charge is 0.313 e. The van der Waals surface area contributed by atoms with E-state index in [9.17, 15) is 0 Å². The van der Waals surface area contributed by atoms with E-state index < -0.39 is 0 Å². The van der Waals surface area contributed by atoms with Crippen LogP contribution in [0.15, 0.2) is 18.2 Å². The molecule has 1 N–H and O–H groups in total.